The van der Waals surface area contributed by atoms with Gasteiger partial charge in [-0.2, -0.15) is 0 Å². The summed E-state index contributed by atoms with van der Waals surface area (Å²) in [5.41, 5.74) is 3.68. The highest BCUT2D eigenvalue weighted by atomic mass is 79.9. The molecule has 84 valence electrons. The number of halogens is 2. The van der Waals surface area contributed by atoms with Crippen molar-refractivity contribution in [2.24, 2.45) is 0 Å². The van der Waals surface area contributed by atoms with Gasteiger partial charge in [-0.3, -0.25) is 0 Å². The highest BCUT2D eigenvalue weighted by Crippen LogP contribution is 2.32. The molecule has 1 aliphatic carbocycles. The summed E-state index contributed by atoms with van der Waals surface area (Å²) >= 11 is 3.42. The van der Waals surface area contributed by atoms with Crippen LogP contribution in [0.3, 0.4) is 0 Å². The van der Waals surface area contributed by atoms with Gasteiger partial charge in [-0.05, 0) is 59.3 Å². The second-order valence-corrected chi connectivity index (χ2v) is 5.31. The van der Waals surface area contributed by atoms with Gasteiger partial charge < -0.3 is 4.98 Å². The van der Waals surface area contributed by atoms with Gasteiger partial charge in [-0.25, -0.2) is 4.39 Å². The lowest BCUT2D eigenvalue weighted by molar-refractivity contribution is 0.628. The number of nitrogens with one attached hydrogen (secondary N) is 1. The van der Waals surface area contributed by atoms with Crippen LogP contribution in [0.5, 0.6) is 0 Å². The molecule has 3 rings (SSSR count). The third-order valence-corrected chi connectivity index (χ3v) is 4.00. The van der Waals surface area contributed by atoms with E-state index in [1.807, 2.05) is 0 Å². The Kier molecular flexibility index (Phi) is 2.51. The molecule has 3 heteroatoms. The van der Waals surface area contributed by atoms with Crippen molar-refractivity contribution in [1.29, 1.82) is 0 Å². The largest absolute Gasteiger partial charge is 0.357 e. The first kappa shape index (κ1) is 10.3. The third kappa shape index (κ3) is 1.58. The molecule has 0 radical (unpaired) electrons. The Balaban J connectivity index is 2.29. The Morgan fingerprint density at radius 1 is 1.12 bits per heavy atom. The summed E-state index contributed by atoms with van der Waals surface area (Å²) in [6.07, 6.45) is 5.90. The summed E-state index contributed by atoms with van der Waals surface area (Å²) in [7, 11) is 0. The first-order chi connectivity index (χ1) is 7.75. The van der Waals surface area contributed by atoms with Gasteiger partial charge in [-0.1, -0.05) is 6.42 Å². The number of rotatable bonds is 0. The van der Waals surface area contributed by atoms with Crippen LogP contribution in [0.2, 0.25) is 0 Å². The van der Waals surface area contributed by atoms with Crippen LogP contribution in [0.15, 0.2) is 16.6 Å². The predicted octanol–water partition coefficient (Wildman–Crippen LogP) is 4.34. The number of fused-ring (bicyclic) bond motifs is 3. The van der Waals surface area contributed by atoms with Crippen molar-refractivity contribution in [1.82, 2.24) is 4.98 Å². The minimum Gasteiger partial charge on any atom is -0.357 e. The van der Waals surface area contributed by atoms with Gasteiger partial charge in [0.05, 0.1) is 5.52 Å². The van der Waals surface area contributed by atoms with E-state index in [9.17, 15) is 4.39 Å². The van der Waals surface area contributed by atoms with Gasteiger partial charge in [0, 0.05) is 15.6 Å². The van der Waals surface area contributed by atoms with Crippen LogP contribution in [0.4, 0.5) is 4.39 Å². The van der Waals surface area contributed by atoms with Crippen LogP contribution >= 0.6 is 15.9 Å². The summed E-state index contributed by atoms with van der Waals surface area (Å²) in [5.74, 6) is -0.162. The maximum absolute atomic E-state index is 13.4. The Bertz CT molecular complexity index is 544. The molecule has 0 spiro atoms. The molecule has 1 heterocycles. The zero-order valence-electron chi connectivity index (χ0n) is 8.95. The van der Waals surface area contributed by atoms with Crippen LogP contribution in [0.1, 0.15) is 30.5 Å². The van der Waals surface area contributed by atoms with Crippen molar-refractivity contribution < 1.29 is 4.39 Å². The zero-order valence-corrected chi connectivity index (χ0v) is 10.5. The number of H-pyrrole nitrogens is 1. The van der Waals surface area contributed by atoms with E-state index in [2.05, 4.69) is 20.9 Å². The van der Waals surface area contributed by atoms with E-state index in [-0.39, 0.29) is 5.82 Å². The van der Waals surface area contributed by atoms with Crippen molar-refractivity contribution in [3.8, 4) is 0 Å². The Labute approximate surface area is 102 Å². The Hall–Kier alpha value is -0.830. The normalized spacial score (nSPS) is 16.1. The topological polar surface area (TPSA) is 15.8 Å². The molecule has 0 aliphatic heterocycles. The van der Waals surface area contributed by atoms with E-state index in [0.29, 0.717) is 0 Å². The van der Waals surface area contributed by atoms with Crippen molar-refractivity contribution in [2.75, 3.05) is 0 Å². The summed E-state index contributed by atoms with van der Waals surface area (Å²) < 4.78 is 14.2. The van der Waals surface area contributed by atoms with Gasteiger partial charge in [0.1, 0.15) is 5.82 Å². The van der Waals surface area contributed by atoms with Crippen LogP contribution in [-0.2, 0) is 12.8 Å². The van der Waals surface area contributed by atoms with E-state index < -0.39 is 0 Å². The second kappa shape index (κ2) is 3.88. The molecule has 1 nitrogen and oxygen atoms in total. The zero-order chi connectivity index (χ0) is 11.1. The van der Waals surface area contributed by atoms with Crippen molar-refractivity contribution in [2.45, 2.75) is 32.1 Å². The molecule has 0 atom stereocenters. The summed E-state index contributed by atoms with van der Waals surface area (Å²) in [6, 6.07) is 3.18. The summed E-state index contributed by atoms with van der Waals surface area (Å²) in [5, 5.41) is 1.06. The van der Waals surface area contributed by atoms with E-state index in [4.69, 9.17) is 0 Å². The van der Waals surface area contributed by atoms with E-state index >= 15 is 0 Å². The molecule has 0 bridgehead atoms. The highest BCUT2D eigenvalue weighted by Gasteiger charge is 2.16. The average molecular weight is 282 g/mol. The molecule has 1 aromatic carbocycles. The molecule has 0 fully saturated rings. The van der Waals surface area contributed by atoms with Gasteiger partial charge in [0.15, 0.2) is 0 Å². The van der Waals surface area contributed by atoms with Crippen LogP contribution in [-0.4, -0.2) is 4.98 Å². The molecule has 0 saturated carbocycles. The van der Waals surface area contributed by atoms with E-state index in [1.54, 1.807) is 6.07 Å². The molecular weight excluding hydrogens is 269 g/mol. The smallest absolute Gasteiger partial charge is 0.125 e. The first-order valence-corrected chi connectivity index (χ1v) is 6.53. The first-order valence-electron chi connectivity index (χ1n) is 5.74. The lowest BCUT2D eigenvalue weighted by atomic mass is 10.1. The predicted molar refractivity (Wildman–Crippen MR) is 67.2 cm³/mol. The number of benzene rings is 1. The number of hydrogen-bond donors (Lipinski definition) is 1. The van der Waals surface area contributed by atoms with Crippen LogP contribution in [0, 0.1) is 5.82 Å². The minimum absolute atomic E-state index is 0.162. The fraction of sp³-hybridized carbons (Fsp3) is 0.385. The minimum atomic E-state index is -0.162. The van der Waals surface area contributed by atoms with E-state index in [1.165, 1.54) is 36.6 Å². The van der Waals surface area contributed by atoms with Crippen molar-refractivity contribution >= 4 is 26.8 Å². The van der Waals surface area contributed by atoms with Crippen LogP contribution in [0.25, 0.3) is 10.9 Å². The molecule has 1 aliphatic rings. The fourth-order valence-corrected chi connectivity index (χ4v) is 3.14. The molecule has 1 N–H and O–H groups in total. The van der Waals surface area contributed by atoms with Gasteiger partial charge >= 0.3 is 0 Å². The molecule has 16 heavy (non-hydrogen) atoms. The van der Waals surface area contributed by atoms with Gasteiger partial charge in [-0.15, -0.1) is 0 Å². The quantitative estimate of drug-likeness (QED) is 0.692. The van der Waals surface area contributed by atoms with E-state index in [0.717, 1.165) is 28.2 Å². The number of aromatic amines is 1. The maximum atomic E-state index is 13.4. The lowest BCUT2D eigenvalue weighted by Gasteiger charge is -1.99. The monoisotopic (exact) mass is 281 g/mol. The van der Waals surface area contributed by atoms with Crippen molar-refractivity contribution in [3.63, 3.8) is 0 Å². The summed E-state index contributed by atoms with van der Waals surface area (Å²) in [6.45, 7) is 0. The number of aromatic nitrogens is 1. The standard InChI is InChI=1S/C13H13BrFN/c14-11-7-8(15)6-10-9-4-2-1-3-5-12(9)16-13(10)11/h6-7,16H,1-5H2. The second-order valence-electron chi connectivity index (χ2n) is 4.45. The maximum Gasteiger partial charge on any atom is 0.125 e. The van der Waals surface area contributed by atoms with Gasteiger partial charge in [0.2, 0.25) is 0 Å². The molecule has 0 amide bonds. The number of hydrogen-bond acceptors (Lipinski definition) is 0. The molecule has 2 aromatic rings. The SMILES string of the molecule is Fc1cc(Br)c2[nH]c3c(c2c1)CCCCC3. The third-order valence-electron chi connectivity index (χ3n) is 3.37. The highest BCUT2D eigenvalue weighted by molar-refractivity contribution is 9.10. The van der Waals surface area contributed by atoms with Crippen LogP contribution < -0.4 is 0 Å². The number of aryl methyl sites for hydroxylation is 2. The lowest BCUT2D eigenvalue weighted by Crippen LogP contribution is -1.86. The molecule has 0 unspecified atom stereocenters. The summed E-state index contributed by atoms with van der Waals surface area (Å²) in [4.78, 5) is 3.44. The van der Waals surface area contributed by atoms with Crippen molar-refractivity contribution in [3.05, 3.63) is 33.7 Å². The fourth-order valence-electron chi connectivity index (χ4n) is 2.61. The molecular formula is C13H13BrFN. The molecule has 1 aromatic heterocycles. The molecule has 0 saturated heterocycles. The Morgan fingerprint density at radius 2 is 1.94 bits per heavy atom. The average Bonchev–Trinajstić information content (AvgIpc) is 2.46. The van der Waals surface area contributed by atoms with Gasteiger partial charge in [0.25, 0.3) is 0 Å². The Morgan fingerprint density at radius 3 is 2.81 bits per heavy atom.